The minimum absolute atomic E-state index is 0.130. The topological polar surface area (TPSA) is 46.2 Å². The van der Waals surface area contributed by atoms with Crippen molar-refractivity contribution in [2.45, 2.75) is 6.04 Å². The molecule has 1 unspecified atom stereocenters. The lowest BCUT2D eigenvalue weighted by Gasteiger charge is -2.27. The van der Waals surface area contributed by atoms with Crippen LogP contribution in [0.1, 0.15) is 22.0 Å². The molecule has 0 amide bonds. The van der Waals surface area contributed by atoms with Gasteiger partial charge in [-0.15, -0.1) is 0 Å². The van der Waals surface area contributed by atoms with Gasteiger partial charge in [0.15, 0.2) is 5.78 Å². The Labute approximate surface area is 190 Å². The molecule has 1 atom stereocenters. The number of hydrogen-bond donors (Lipinski definition) is 1. The van der Waals surface area contributed by atoms with Crippen LogP contribution in [-0.2, 0) is 4.57 Å². The van der Waals surface area contributed by atoms with E-state index >= 15 is 0 Å². The largest absolute Gasteiger partial charge is 0.296 e. The number of carbonyl (C=O) groups excluding carboxylic acids is 1. The average molecular weight is 490 g/mol. The van der Waals surface area contributed by atoms with Gasteiger partial charge in [0.05, 0.1) is 0 Å². The van der Waals surface area contributed by atoms with Crippen molar-refractivity contribution in [1.82, 2.24) is 5.09 Å². The molecule has 0 saturated carbocycles. The molecule has 0 saturated heterocycles. The average Bonchev–Trinajstić information content (AvgIpc) is 2.84. The number of nitrogens with one attached hydrogen (secondary N) is 1. The first-order chi connectivity index (χ1) is 15.1. The van der Waals surface area contributed by atoms with Crippen LogP contribution in [-0.4, -0.2) is 5.78 Å². The van der Waals surface area contributed by atoms with Crippen LogP contribution < -0.4 is 15.7 Å². The fourth-order valence-electron chi connectivity index (χ4n) is 3.46. The molecule has 0 radical (unpaired) electrons. The number of ketones is 1. The first kappa shape index (κ1) is 21.5. The Bertz CT molecular complexity index is 1150. The highest BCUT2D eigenvalue weighted by Gasteiger charge is 2.34. The van der Waals surface area contributed by atoms with Gasteiger partial charge in [-0.05, 0) is 42.0 Å². The molecule has 5 heteroatoms. The predicted octanol–water partition coefficient (Wildman–Crippen LogP) is 5.89. The summed E-state index contributed by atoms with van der Waals surface area (Å²) in [5.74, 6) is -0.130. The molecule has 31 heavy (non-hydrogen) atoms. The number of halogens is 1. The Balaban J connectivity index is 1.84. The van der Waals surface area contributed by atoms with Crippen LogP contribution >= 0.6 is 23.2 Å². The highest BCUT2D eigenvalue weighted by molar-refractivity contribution is 9.10. The summed E-state index contributed by atoms with van der Waals surface area (Å²) in [7, 11) is -3.31. The molecule has 0 aliphatic rings. The van der Waals surface area contributed by atoms with Crippen LogP contribution in [0.2, 0.25) is 0 Å². The zero-order valence-electron chi connectivity index (χ0n) is 16.7. The van der Waals surface area contributed by atoms with Gasteiger partial charge in [-0.1, -0.05) is 94.8 Å². The van der Waals surface area contributed by atoms with E-state index in [1.807, 2.05) is 103 Å². The number of carbonyl (C=O) groups is 1. The molecular formula is C26H21BrNO2P. The number of rotatable bonds is 7. The summed E-state index contributed by atoms with van der Waals surface area (Å²) in [5.41, 5.74) is 1.32. The van der Waals surface area contributed by atoms with E-state index in [2.05, 4.69) is 21.0 Å². The Morgan fingerprint density at radius 3 is 1.61 bits per heavy atom. The lowest BCUT2D eigenvalue weighted by molar-refractivity contribution is 0.0954. The monoisotopic (exact) mass is 489 g/mol. The molecule has 4 aromatic rings. The molecular weight excluding hydrogens is 469 g/mol. The molecule has 0 aliphatic heterocycles. The van der Waals surface area contributed by atoms with Crippen molar-refractivity contribution in [3.63, 3.8) is 0 Å². The van der Waals surface area contributed by atoms with Gasteiger partial charge < -0.3 is 0 Å². The van der Waals surface area contributed by atoms with Crippen molar-refractivity contribution in [3.8, 4) is 0 Å². The third-order valence-corrected chi connectivity index (χ3v) is 8.28. The fraction of sp³-hybridized carbons (Fsp3) is 0.0385. The van der Waals surface area contributed by atoms with E-state index in [9.17, 15) is 9.36 Å². The highest BCUT2D eigenvalue weighted by atomic mass is 79.9. The maximum atomic E-state index is 14.5. The number of Topliss-reactive ketones (excluding diaryl/α,β-unsaturated/α-hetero) is 1. The van der Waals surface area contributed by atoms with Crippen molar-refractivity contribution >= 4 is 39.6 Å². The quantitative estimate of drug-likeness (QED) is 0.260. The van der Waals surface area contributed by atoms with Crippen LogP contribution in [0.3, 0.4) is 0 Å². The first-order valence-electron chi connectivity index (χ1n) is 9.92. The van der Waals surface area contributed by atoms with Crippen LogP contribution in [0.5, 0.6) is 0 Å². The number of hydrogen-bond acceptors (Lipinski definition) is 2. The minimum atomic E-state index is -3.31. The second-order valence-electron chi connectivity index (χ2n) is 7.12. The van der Waals surface area contributed by atoms with Crippen molar-refractivity contribution in [2.75, 3.05) is 0 Å². The van der Waals surface area contributed by atoms with Crippen LogP contribution in [0.25, 0.3) is 0 Å². The van der Waals surface area contributed by atoms with Gasteiger partial charge in [0, 0.05) is 20.6 Å². The van der Waals surface area contributed by atoms with Crippen molar-refractivity contribution in [1.29, 1.82) is 0 Å². The van der Waals surface area contributed by atoms with Crippen LogP contribution in [0.15, 0.2) is 120 Å². The van der Waals surface area contributed by atoms with Gasteiger partial charge in [-0.3, -0.25) is 9.36 Å². The van der Waals surface area contributed by atoms with E-state index in [1.165, 1.54) is 0 Å². The molecule has 0 bridgehead atoms. The predicted molar refractivity (Wildman–Crippen MR) is 131 cm³/mol. The van der Waals surface area contributed by atoms with Crippen molar-refractivity contribution in [2.24, 2.45) is 0 Å². The summed E-state index contributed by atoms with van der Waals surface area (Å²) in [6, 6.07) is 34.4. The SMILES string of the molecule is O=C(c1ccccc1)C(NP(=O)(c1ccccc1)c1ccccc1)c1ccc(Br)cc1. The van der Waals surface area contributed by atoms with E-state index in [0.29, 0.717) is 16.2 Å². The molecule has 0 spiro atoms. The molecule has 4 rings (SSSR count). The van der Waals surface area contributed by atoms with Gasteiger partial charge in [-0.2, -0.15) is 0 Å². The zero-order chi connectivity index (χ0) is 21.7. The third kappa shape index (κ3) is 4.77. The Morgan fingerprint density at radius 1 is 0.677 bits per heavy atom. The fourth-order valence-corrected chi connectivity index (χ4v) is 6.14. The van der Waals surface area contributed by atoms with E-state index in [1.54, 1.807) is 12.1 Å². The molecule has 0 aromatic heterocycles. The van der Waals surface area contributed by atoms with Crippen molar-refractivity contribution < 1.29 is 9.36 Å². The van der Waals surface area contributed by atoms with Crippen LogP contribution in [0.4, 0.5) is 0 Å². The van der Waals surface area contributed by atoms with Gasteiger partial charge in [0.2, 0.25) is 7.29 Å². The van der Waals surface area contributed by atoms with E-state index in [-0.39, 0.29) is 5.78 Å². The molecule has 4 aromatic carbocycles. The van der Waals surface area contributed by atoms with Gasteiger partial charge >= 0.3 is 0 Å². The molecule has 0 aliphatic carbocycles. The summed E-state index contributed by atoms with van der Waals surface area (Å²) in [6.07, 6.45) is 0. The summed E-state index contributed by atoms with van der Waals surface area (Å²) in [6.45, 7) is 0. The maximum absolute atomic E-state index is 14.5. The first-order valence-corrected chi connectivity index (χ1v) is 12.4. The third-order valence-electron chi connectivity index (χ3n) is 5.07. The second-order valence-corrected chi connectivity index (χ2v) is 10.5. The summed E-state index contributed by atoms with van der Waals surface area (Å²) >= 11 is 3.45. The van der Waals surface area contributed by atoms with Crippen LogP contribution in [0, 0.1) is 0 Å². The molecule has 154 valence electrons. The standard InChI is InChI=1S/C26H21BrNO2P/c27-22-18-16-20(17-19-22)25(26(29)21-10-4-1-5-11-21)28-31(30,23-12-6-2-7-13-23)24-14-8-3-9-15-24/h1-19,25H,(H,28,30). The van der Waals surface area contributed by atoms with Gasteiger partial charge in [-0.25, -0.2) is 5.09 Å². The van der Waals surface area contributed by atoms with E-state index in [0.717, 1.165) is 10.0 Å². The highest BCUT2D eigenvalue weighted by Crippen LogP contribution is 2.42. The van der Waals surface area contributed by atoms with Gasteiger partial charge in [0.25, 0.3) is 0 Å². The number of benzene rings is 4. The molecule has 1 N–H and O–H groups in total. The van der Waals surface area contributed by atoms with E-state index in [4.69, 9.17) is 0 Å². The Hall–Kier alpha value is -2.78. The maximum Gasteiger partial charge on any atom is 0.205 e. The zero-order valence-corrected chi connectivity index (χ0v) is 19.2. The minimum Gasteiger partial charge on any atom is -0.296 e. The lowest BCUT2D eigenvalue weighted by Crippen LogP contribution is -2.34. The van der Waals surface area contributed by atoms with Gasteiger partial charge in [0.1, 0.15) is 6.04 Å². The normalized spacial score (nSPS) is 12.3. The molecule has 0 fully saturated rings. The molecule has 0 heterocycles. The van der Waals surface area contributed by atoms with E-state index < -0.39 is 13.3 Å². The summed E-state index contributed by atoms with van der Waals surface area (Å²) in [5, 5.41) is 4.60. The smallest absolute Gasteiger partial charge is 0.205 e. The second kappa shape index (κ2) is 9.57. The Kier molecular flexibility index (Phi) is 6.62. The summed E-state index contributed by atoms with van der Waals surface area (Å²) in [4.78, 5) is 13.6. The Morgan fingerprint density at radius 2 is 1.13 bits per heavy atom. The molecule has 3 nitrogen and oxygen atoms in total. The lowest BCUT2D eigenvalue weighted by atomic mass is 9.98. The summed E-state index contributed by atoms with van der Waals surface area (Å²) < 4.78 is 15.4. The van der Waals surface area contributed by atoms with Crippen molar-refractivity contribution in [3.05, 3.63) is 131 Å².